The van der Waals surface area contributed by atoms with E-state index in [0.717, 1.165) is 13.2 Å². The molecule has 0 unspecified atom stereocenters. The first kappa shape index (κ1) is 14.1. The Morgan fingerprint density at radius 2 is 1.74 bits per heavy atom. The predicted octanol–water partition coefficient (Wildman–Crippen LogP) is 4.32. The van der Waals surface area contributed by atoms with Gasteiger partial charge in [-0.1, -0.05) is 36.4 Å². The van der Waals surface area contributed by atoms with Gasteiger partial charge >= 0.3 is 0 Å². The molecule has 0 aliphatic carbocycles. The van der Waals surface area contributed by atoms with Crippen molar-refractivity contribution in [3.8, 4) is 5.69 Å². The standard InChI is InChI=1S/C20H20N2O/c1-16-7-5-6-10-19(16)21-12-11-17(15-21)20-22(13-14-23-20)18-8-3-2-4-9-18/h2-12,15,20H,13-14H2,1H3/t20-/m0/s1. The van der Waals surface area contributed by atoms with Crippen molar-refractivity contribution in [1.82, 2.24) is 4.57 Å². The summed E-state index contributed by atoms with van der Waals surface area (Å²) < 4.78 is 8.17. The van der Waals surface area contributed by atoms with E-state index in [0.29, 0.717) is 0 Å². The van der Waals surface area contributed by atoms with Crippen LogP contribution in [0.3, 0.4) is 0 Å². The maximum Gasteiger partial charge on any atom is 0.158 e. The molecular formula is C20H20N2O. The van der Waals surface area contributed by atoms with Crippen LogP contribution in [0.25, 0.3) is 5.69 Å². The molecule has 1 saturated heterocycles. The Morgan fingerprint density at radius 1 is 0.957 bits per heavy atom. The minimum absolute atomic E-state index is 0.0114. The van der Waals surface area contributed by atoms with Gasteiger partial charge in [-0.3, -0.25) is 0 Å². The number of anilines is 1. The summed E-state index contributed by atoms with van der Waals surface area (Å²) in [7, 11) is 0. The van der Waals surface area contributed by atoms with Crippen molar-refractivity contribution in [3.63, 3.8) is 0 Å². The molecule has 4 rings (SSSR count). The van der Waals surface area contributed by atoms with Crippen LogP contribution in [0.2, 0.25) is 0 Å². The number of ether oxygens (including phenoxy) is 1. The summed E-state index contributed by atoms with van der Waals surface area (Å²) in [4.78, 5) is 2.32. The van der Waals surface area contributed by atoms with E-state index in [2.05, 4.69) is 83.4 Å². The van der Waals surface area contributed by atoms with Crippen molar-refractivity contribution in [2.24, 2.45) is 0 Å². The van der Waals surface area contributed by atoms with Crippen LogP contribution in [0.4, 0.5) is 5.69 Å². The minimum Gasteiger partial charge on any atom is -0.352 e. The first-order valence-electron chi connectivity index (χ1n) is 8.00. The van der Waals surface area contributed by atoms with E-state index < -0.39 is 0 Å². The van der Waals surface area contributed by atoms with Crippen LogP contribution >= 0.6 is 0 Å². The number of para-hydroxylation sites is 2. The van der Waals surface area contributed by atoms with Crippen LogP contribution in [0.15, 0.2) is 73.1 Å². The molecular weight excluding hydrogens is 284 g/mol. The number of rotatable bonds is 3. The molecule has 0 saturated carbocycles. The van der Waals surface area contributed by atoms with Gasteiger partial charge in [0.25, 0.3) is 0 Å². The molecule has 23 heavy (non-hydrogen) atoms. The average molecular weight is 304 g/mol. The molecule has 1 aliphatic heterocycles. The molecule has 116 valence electrons. The lowest BCUT2D eigenvalue weighted by Gasteiger charge is -2.24. The normalized spacial score (nSPS) is 17.6. The summed E-state index contributed by atoms with van der Waals surface area (Å²) in [6, 6.07) is 21.0. The maximum atomic E-state index is 6.00. The molecule has 3 aromatic rings. The predicted molar refractivity (Wildman–Crippen MR) is 93.0 cm³/mol. The third kappa shape index (κ3) is 2.64. The van der Waals surface area contributed by atoms with Crippen LogP contribution in [-0.2, 0) is 4.74 Å². The fourth-order valence-corrected chi connectivity index (χ4v) is 3.19. The Balaban J connectivity index is 1.65. The molecule has 0 bridgehead atoms. The molecule has 0 radical (unpaired) electrons. The first-order chi connectivity index (χ1) is 11.3. The van der Waals surface area contributed by atoms with Crippen LogP contribution in [-0.4, -0.2) is 17.7 Å². The molecule has 1 fully saturated rings. The van der Waals surface area contributed by atoms with Gasteiger partial charge in [-0.2, -0.15) is 0 Å². The highest BCUT2D eigenvalue weighted by atomic mass is 16.5. The largest absolute Gasteiger partial charge is 0.352 e. The highest BCUT2D eigenvalue weighted by Gasteiger charge is 2.27. The van der Waals surface area contributed by atoms with Crippen molar-refractivity contribution in [2.75, 3.05) is 18.1 Å². The van der Waals surface area contributed by atoms with Gasteiger partial charge in [-0.05, 0) is 36.8 Å². The molecule has 2 aromatic carbocycles. The molecule has 1 aromatic heterocycles. The summed E-state index contributed by atoms with van der Waals surface area (Å²) in [5, 5.41) is 0. The number of benzene rings is 2. The van der Waals surface area contributed by atoms with E-state index in [1.807, 2.05) is 6.07 Å². The molecule has 1 atom stereocenters. The number of aromatic nitrogens is 1. The van der Waals surface area contributed by atoms with E-state index in [1.165, 1.54) is 22.5 Å². The maximum absolute atomic E-state index is 6.00. The molecule has 1 aliphatic rings. The van der Waals surface area contributed by atoms with Gasteiger partial charge in [0, 0.05) is 35.9 Å². The molecule has 3 heteroatoms. The number of aryl methyl sites for hydroxylation is 1. The van der Waals surface area contributed by atoms with Crippen LogP contribution in [0, 0.1) is 6.92 Å². The highest BCUT2D eigenvalue weighted by molar-refractivity contribution is 5.49. The molecule has 0 N–H and O–H groups in total. The third-order valence-corrected chi connectivity index (χ3v) is 4.37. The van der Waals surface area contributed by atoms with Crippen LogP contribution in [0.5, 0.6) is 0 Å². The second kappa shape index (κ2) is 5.94. The first-order valence-corrected chi connectivity index (χ1v) is 8.00. The molecule has 0 spiro atoms. The lowest BCUT2D eigenvalue weighted by molar-refractivity contribution is 0.114. The summed E-state index contributed by atoms with van der Waals surface area (Å²) in [6.07, 6.45) is 4.28. The van der Waals surface area contributed by atoms with Gasteiger partial charge in [-0.15, -0.1) is 0 Å². The van der Waals surface area contributed by atoms with E-state index >= 15 is 0 Å². The van der Waals surface area contributed by atoms with Gasteiger partial charge in [0.1, 0.15) is 0 Å². The van der Waals surface area contributed by atoms with Crippen LogP contribution in [0.1, 0.15) is 17.4 Å². The van der Waals surface area contributed by atoms with Crippen molar-refractivity contribution in [2.45, 2.75) is 13.2 Å². The van der Waals surface area contributed by atoms with Gasteiger partial charge in [0.2, 0.25) is 0 Å². The number of nitrogens with zero attached hydrogens (tertiary/aromatic N) is 2. The van der Waals surface area contributed by atoms with E-state index in [1.54, 1.807) is 0 Å². The highest BCUT2D eigenvalue weighted by Crippen LogP contribution is 2.32. The lowest BCUT2D eigenvalue weighted by Crippen LogP contribution is -2.22. The van der Waals surface area contributed by atoms with E-state index in [9.17, 15) is 0 Å². The van der Waals surface area contributed by atoms with Crippen molar-refractivity contribution in [1.29, 1.82) is 0 Å². The third-order valence-electron chi connectivity index (χ3n) is 4.37. The fourth-order valence-electron chi connectivity index (χ4n) is 3.19. The summed E-state index contributed by atoms with van der Waals surface area (Å²) in [5.74, 6) is 0. The lowest BCUT2D eigenvalue weighted by atomic mass is 10.2. The van der Waals surface area contributed by atoms with Crippen molar-refractivity contribution >= 4 is 5.69 Å². The summed E-state index contributed by atoms with van der Waals surface area (Å²) in [5.41, 5.74) is 4.87. The monoisotopic (exact) mass is 304 g/mol. The molecule has 0 amide bonds. The minimum atomic E-state index is -0.0114. The smallest absolute Gasteiger partial charge is 0.158 e. The summed E-state index contributed by atoms with van der Waals surface area (Å²) in [6.45, 7) is 3.82. The van der Waals surface area contributed by atoms with Gasteiger partial charge in [-0.25, -0.2) is 0 Å². The number of hydrogen-bond donors (Lipinski definition) is 0. The Morgan fingerprint density at radius 3 is 2.57 bits per heavy atom. The summed E-state index contributed by atoms with van der Waals surface area (Å²) >= 11 is 0. The zero-order valence-corrected chi connectivity index (χ0v) is 13.2. The second-order valence-corrected chi connectivity index (χ2v) is 5.89. The van der Waals surface area contributed by atoms with Crippen LogP contribution < -0.4 is 4.90 Å². The van der Waals surface area contributed by atoms with E-state index in [4.69, 9.17) is 4.74 Å². The zero-order chi connectivity index (χ0) is 15.6. The quantitative estimate of drug-likeness (QED) is 0.717. The Kier molecular flexibility index (Phi) is 3.64. The molecule has 3 nitrogen and oxygen atoms in total. The second-order valence-electron chi connectivity index (χ2n) is 5.89. The Labute approximate surface area is 136 Å². The van der Waals surface area contributed by atoms with Gasteiger partial charge < -0.3 is 14.2 Å². The number of hydrogen-bond acceptors (Lipinski definition) is 2. The zero-order valence-electron chi connectivity index (χ0n) is 13.2. The topological polar surface area (TPSA) is 17.4 Å². The molecule has 2 heterocycles. The Hall–Kier alpha value is -2.52. The van der Waals surface area contributed by atoms with Gasteiger partial charge in [0.15, 0.2) is 6.23 Å². The fraction of sp³-hybridized carbons (Fsp3) is 0.200. The Bertz CT molecular complexity index is 794. The van der Waals surface area contributed by atoms with Crippen molar-refractivity contribution in [3.05, 3.63) is 84.2 Å². The average Bonchev–Trinajstić information content (AvgIpc) is 3.25. The van der Waals surface area contributed by atoms with Crippen molar-refractivity contribution < 1.29 is 4.74 Å². The SMILES string of the molecule is Cc1ccccc1-n1ccc([C@@H]2OCCN2c2ccccc2)c1. The van der Waals surface area contributed by atoms with Gasteiger partial charge in [0.05, 0.1) is 6.61 Å². The van der Waals surface area contributed by atoms with E-state index in [-0.39, 0.29) is 6.23 Å².